The standard InChI is InChI=1S/C28H37N3O4/c1-6-16-34-20-24(32)18-30(17-21(2)3)19-27-22(4)29-31(23-10-8-7-9-11-23)28(27)35-26-14-12-25(33-5)13-15-26/h6-15,21,24,32H,1,16-20H2,2-5H3/t24-/m0/s1. The molecular formula is C28H37N3O4. The maximum absolute atomic E-state index is 10.6. The van der Waals surface area contributed by atoms with E-state index in [-0.39, 0.29) is 6.61 Å². The Morgan fingerprint density at radius 1 is 1.06 bits per heavy atom. The van der Waals surface area contributed by atoms with Crippen LogP contribution < -0.4 is 9.47 Å². The molecule has 0 aliphatic carbocycles. The fourth-order valence-electron chi connectivity index (χ4n) is 3.91. The number of benzene rings is 2. The summed E-state index contributed by atoms with van der Waals surface area (Å²) in [5.41, 5.74) is 2.77. The highest BCUT2D eigenvalue weighted by Gasteiger charge is 2.23. The molecule has 7 nitrogen and oxygen atoms in total. The molecule has 0 unspecified atom stereocenters. The topological polar surface area (TPSA) is 69.0 Å². The van der Waals surface area contributed by atoms with Crippen LogP contribution in [0.4, 0.5) is 0 Å². The van der Waals surface area contributed by atoms with E-state index >= 15 is 0 Å². The average molecular weight is 480 g/mol. The number of rotatable bonds is 14. The maximum Gasteiger partial charge on any atom is 0.227 e. The number of ether oxygens (including phenoxy) is 3. The summed E-state index contributed by atoms with van der Waals surface area (Å²) in [5.74, 6) is 2.54. The highest BCUT2D eigenvalue weighted by atomic mass is 16.5. The van der Waals surface area contributed by atoms with Gasteiger partial charge in [0, 0.05) is 19.6 Å². The predicted octanol–water partition coefficient (Wildman–Crippen LogP) is 5.00. The second-order valence-electron chi connectivity index (χ2n) is 8.96. The third kappa shape index (κ3) is 7.68. The largest absolute Gasteiger partial charge is 0.497 e. The van der Waals surface area contributed by atoms with Crippen molar-refractivity contribution in [1.29, 1.82) is 0 Å². The summed E-state index contributed by atoms with van der Waals surface area (Å²) in [6, 6.07) is 17.4. The third-order valence-corrected chi connectivity index (χ3v) is 5.43. The van der Waals surface area contributed by atoms with Gasteiger partial charge in [-0.3, -0.25) is 4.90 Å². The number of aryl methyl sites for hydroxylation is 1. The molecule has 0 spiro atoms. The van der Waals surface area contributed by atoms with Crippen LogP contribution in [0, 0.1) is 12.8 Å². The molecule has 1 aromatic heterocycles. The summed E-state index contributed by atoms with van der Waals surface area (Å²) >= 11 is 0. The van der Waals surface area contributed by atoms with E-state index in [0.29, 0.717) is 37.2 Å². The Labute approximate surface area is 208 Å². The van der Waals surface area contributed by atoms with Crippen molar-refractivity contribution in [3.63, 3.8) is 0 Å². The molecule has 35 heavy (non-hydrogen) atoms. The first-order valence-corrected chi connectivity index (χ1v) is 12.0. The van der Waals surface area contributed by atoms with E-state index in [9.17, 15) is 5.11 Å². The predicted molar refractivity (Wildman–Crippen MR) is 139 cm³/mol. The van der Waals surface area contributed by atoms with Crippen LogP contribution in [0.25, 0.3) is 5.69 Å². The summed E-state index contributed by atoms with van der Waals surface area (Å²) in [4.78, 5) is 2.23. The summed E-state index contributed by atoms with van der Waals surface area (Å²) in [6.07, 6.45) is 1.08. The van der Waals surface area contributed by atoms with Crippen molar-refractivity contribution >= 4 is 0 Å². The minimum atomic E-state index is -0.607. The molecule has 1 N–H and O–H groups in total. The molecule has 0 radical (unpaired) electrons. The molecule has 0 fully saturated rings. The number of nitrogens with zero attached hydrogens (tertiary/aromatic N) is 3. The fourth-order valence-corrected chi connectivity index (χ4v) is 3.91. The lowest BCUT2D eigenvalue weighted by atomic mass is 10.1. The smallest absolute Gasteiger partial charge is 0.227 e. The SMILES string of the molecule is C=CCOC[C@@H](O)CN(Cc1c(C)nn(-c2ccccc2)c1Oc1ccc(OC)cc1)CC(C)C. The number of methoxy groups -OCH3 is 1. The van der Waals surface area contributed by atoms with Gasteiger partial charge in [0.05, 0.1) is 43.4 Å². The average Bonchev–Trinajstić information content (AvgIpc) is 3.14. The van der Waals surface area contributed by atoms with Crippen molar-refractivity contribution < 1.29 is 19.3 Å². The molecule has 0 saturated carbocycles. The molecule has 1 heterocycles. The molecule has 2 aromatic carbocycles. The van der Waals surface area contributed by atoms with Crippen LogP contribution in [-0.4, -0.2) is 59.3 Å². The molecule has 0 saturated heterocycles. The van der Waals surface area contributed by atoms with Gasteiger partial charge in [-0.25, -0.2) is 4.68 Å². The maximum atomic E-state index is 10.6. The summed E-state index contributed by atoms with van der Waals surface area (Å²) in [5, 5.41) is 15.4. The van der Waals surface area contributed by atoms with Crippen molar-refractivity contribution in [2.75, 3.05) is 33.4 Å². The Morgan fingerprint density at radius 2 is 1.74 bits per heavy atom. The van der Waals surface area contributed by atoms with E-state index in [4.69, 9.17) is 19.3 Å². The third-order valence-electron chi connectivity index (χ3n) is 5.43. The summed E-state index contributed by atoms with van der Waals surface area (Å²) in [6.45, 7) is 12.6. The Hall–Kier alpha value is -3.13. The Morgan fingerprint density at radius 3 is 2.37 bits per heavy atom. The first-order chi connectivity index (χ1) is 16.9. The fraction of sp³-hybridized carbons (Fsp3) is 0.393. The van der Waals surface area contributed by atoms with E-state index in [1.165, 1.54) is 0 Å². The van der Waals surface area contributed by atoms with Gasteiger partial charge in [0.15, 0.2) is 0 Å². The molecule has 0 aliphatic rings. The van der Waals surface area contributed by atoms with Crippen LogP contribution in [0.2, 0.25) is 0 Å². The van der Waals surface area contributed by atoms with Gasteiger partial charge in [-0.2, -0.15) is 5.10 Å². The van der Waals surface area contributed by atoms with Crippen molar-refractivity contribution in [2.45, 2.75) is 33.4 Å². The van der Waals surface area contributed by atoms with Crippen LogP contribution in [0.1, 0.15) is 25.1 Å². The van der Waals surface area contributed by atoms with Gasteiger partial charge < -0.3 is 19.3 Å². The lowest BCUT2D eigenvalue weighted by Gasteiger charge is -2.27. The van der Waals surface area contributed by atoms with Crippen LogP contribution in [0.15, 0.2) is 67.3 Å². The highest BCUT2D eigenvalue weighted by molar-refractivity contribution is 5.44. The molecule has 0 amide bonds. The van der Waals surface area contributed by atoms with E-state index in [1.54, 1.807) is 13.2 Å². The number of aromatic nitrogens is 2. The Balaban J connectivity index is 1.93. The van der Waals surface area contributed by atoms with Crippen molar-refractivity contribution in [3.05, 3.63) is 78.5 Å². The first kappa shape index (κ1) is 26.5. The number of aliphatic hydroxyl groups is 1. The number of para-hydroxylation sites is 1. The second-order valence-corrected chi connectivity index (χ2v) is 8.96. The van der Waals surface area contributed by atoms with Gasteiger partial charge in [-0.1, -0.05) is 38.1 Å². The monoisotopic (exact) mass is 479 g/mol. The van der Waals surface area contributed by atoms with Crippen LogP contribution in [0.3, 0.4) is 0 Å². The zero-order chi connectivity index (χ0) is 25.2. The molecule has 7 heteroatoms. The van der Waals surface area contributed by atoms with Crippen LogP contribution in [-0.2, 0) is 11.3 Å². The molecule has 0 aliphatic heterocycles. The summed E-state index contributed by atoms with van der Waals surface area (Å²) < 4.78 is 19.0. The quantitative estimate of drug-likeness (QED) is 0.259. The molecule has 188 valence electrons. The van der Waals surface area contributed by atoms with E-state index in [2.05, 4.69) is 25.3 Å². The van der Waals surface area contributed by atoms with E-state index < -0.39 is 6.10 Å². The lowest BCUT2D eigenvalue weighted by Crippen LogP contribution is -2.37. The first-order valence-electron chi connectivity index (χ1n) is 12.0. The Bertz CT molecular complexity index is 1050. The Kier molecular flexibility index (Phi) is 9.90. The van der Waals surface area contributed by atoms with Gasteiger partial charge in [0.1, 0.15) is 11.5 Å². The van der Waals surface area contributed by atoms with Gasteiger partial charge in [0.25, 0.3) is 0 Å². The van der Waals surface area contributed by atoms with Crippen molar-refractivity contribution in [2.24, 2.45) is 5.92 Å². The zero-order valence-electron chi connectivity index (χ0n) is 21.2. The number of aliphatic hydroxyl groups excluding tert-OH is 1. The molecule has 3 aromatic rings. The molecule has 0 bridgehead atoms. The van der Waals surface area contributed by atoms with Crippen LogP contribution in [0.5, 0.6) is 17.4 Å². The normalized spacial score (nSPS) is 12.2. The molecular weight excluding hydrogens is 442 g/mol. The number of hydrogen-bond acceptors (Lipinski definition) is 6. The van der Waals surface area contributed by atoms with Crippen molar-refractivity contribution in [1.82, 2.24) is 14.7 Å². The van der Waals surface area contributed by atoms with Crippen molar-refractivity contribution in [3.8, 4) is 23.1 Å². The zero-order valence-corrected chi connectivity index (χ0v) is 21.2. The van der Waals surface area contributed by atoms with E-state index in [0.717, 1.165) is 29.2 Å². The lowest BCUT2D eigenvalue weighted by molar-refractivity contribution is 0.0222. The van der Waals surface area contributed by atoms with Gasteiger partial charge >= 0.3 is 0 Å². The minimum absolute atomic E-state index is 0.262. The molecule has 3 rings (SSSR count). The number of hydrogen-bond donors (Lipinski definition) is 1. The minimum Gasteiger partial charge on any atom is -0.497 e. The highest BCUT2D eigenvalue weighted by Crippen LogP contribution is 2.32. The van der Waals surface area contributed by atoms with Gasteiger partial charge in [-0.15, -0.1) is 6.58 Å². The van der Waals surface area contributed by atoms with Crippen LogP contribution >= 0.6 is 0 Å². The summed E-state index contributed by atoms with van der Waals surface area (Å²) in [7, 11) is 1.64. The van der Waals surface area contributed by atoms with E-state index in [1.807, 2.05) is 66.2 Å². The van der Waals surface area contributed by atoms with Gasteiger partial charge in [0.2, 0.25) is 5.88 Å². The van der Waals surface area contributed by atoms with Gasteiger partial charge in [-0.05, 0) is 49.2 Å². The second kappa shape index (κ2) is 13.1. The molecule has 1 atom stereocenters.